The molecule has 0 saturated heterocycles. The number of amides is 3. The molecule has 0 aliphatic heterocycles. The lowest BCUT2D eigenvalue weighted by Crippen LogP contribution is -2.27. The molecule has 3 amide bonds. The maximum Gasteiger partial charge on any atom is 0.412 e. The number of nitrogens with one attached hydrogen (secondary N) is 2. The quantitative estimate of drug-likeness (QED) is 0.497. The van der Waals surface area contributed by atoms with Gasteiger partial charge in [-0.25, -0.2) is 4.79 Å². The second-order valence-electron chi connectivity index (χ2n) is 7.47. The molecule has 0 saturated carbocycles. The molecule has 0 unspecified atom stereocenters. The minimum absolute atomic E-state index is 0.139. The Kier molecular flexibility index (Phi) is 5.84. The Balaban J connectivity index is 1.80. The normalized spacial score (nSPS) is 11.2. The zero-order chi connectivity index (χ0) is 22.1. The van der Waals surface area contributed by atoms with Gasteiger partial charge >= 0.3 is 6.09 Å². The highest BCUT2D eigenvalue weighted by atomic mass is 79.9. The van der Waals surface area contributed by atoms with Crippen LogP contribution in [0.5, 0.6) is 0 Å². The molecule has 1 aromatic heterocycles. The van der Waals surface area contributed by atoms with E-state index in [2.05, 4.69) is 26.6 Å². The molecule has 0 atom stereocenters. The van der Waals surface area contributed by atoms with Crippen LogP contribution in [-0.2, 0) is 4.74 Å². The van der Waals surface area contributed by atoms with Crippen molar-refractivity contribution in [3.63, 3.8) is 0 Å². The minimum Gasteiger partial charge on any atom is -0.449 e. The van der Waals surface area contributed by atoms with Crippen molar-refractivity contribution in [1.82, 2.24) is 0 Å². The van der Waals surface area contributed by atoms with E-state index in [1.807, 2.05) is 0 Å². The van der Waals surface area contributed by atoms with Gasteiger partial charge in [0.2, 0.25) is 5.76 Å². The second-order valence-corrected chi connectivity index (χ2v) is 8.38. The second kappa shape index (κ2) is 8.19. The first-order valence-corrected chi connectivity index (χ1v) is 9.76. The van der Waals surface area contributed by atoms with E-state index in [1.54, 1.807) is 51.1 Å². The van der Waals surface area contributed by atoms with Crippen molar-refractivity contribution in [2.24, 2.45) is 5.73 Å². The number of primary amides is 1. The third-order valence-electron chi connectivity index (χ3n) is 3.90. The van der Waals surface area contributed by atoms with Crippen molar-refractivity contribution in [2.45, 2.75) is 26.4 Å². The summed E-state index contributed by atoms with van der Waals surface area (Å²) in [6, 6.07) is 11.3. The van der Waals surface area contributed by atoms with Crippen LogP contribution in [0.2, 0.25) is 0 Å². The molecule has 8 nitrogen and oxygen atoms in total. The minimum atomic E-state index is -0.797. The van der Waals surface area contributed by atoms with Crippen molar-refractivity contribution in [3.8, 4) is 0 Å². The summed E-state index contributed by atoms with van der Waals surface area (Å²) in [5.74, 6) is -1.40. The molecule has 3 rings (SSSR count). The lowest BCUT2D eigenvalue weighted by Gasteiger charge is -2.19. The van der Waals surface area contributed by atoms with E-state index in [9.17, 15) is 14.4 Å². The Labute approximate surface area is 180 Å². The van der Waals surface area contributed by atoms with Crippen molar-refractivity contribution < 1.29 is 23.5 Å². The average molecular weight is 474 g/mol. The van der Waals surface area contributed by atoms with Crippen molar-refractivity contribution in [1.29, 1.82) is 0 Å². The summed E-state index contributed by atoms with van der Waals surface area (Å²) in [6.07, 6.45) is -0.596. The number of ether oxygens (including phenoxy) is 1. The Morgan fingerprint density at radius 3 is 2.30 bits per heavy atom. The van der Waals surface area contributed by atoms with Gasteiger partial charge in [-0.1, -0.05) is 15.9 Å². The molecule has 156 valence electrons. The molecular formula is C21H20BrN3O5. The van der Waals surface area contributed by atoms with Gasteiger partial charge in [-0.05, 0) is 63.2 Å². The van der Waals surface area contributed by atoms with Crippen LogP contribution in [0, 0.1) is 0 Å². The van der Waals surface area contributed by atoms with Crippen LogP contribution < -0.4 is 16.4 Å². The number of rotatable bonds is 4. The molecule has 0 aliphatic rings. The molecule has 0 radical (unpaired) electrons. The predicted molar refractivity (Wildman–Crippen MR) is 117 cm³/mol. The largest absolute Gasteiger partial charge is 0.449 e. The summed E-state index contributed by atoms with van der Waals surface area (Å²) in [4.78, 5) is 36.3. The van der Waals surface area contributed by atoms with Crippen LogP contribution >= 0.6 is 15.9 Å². The van der Waals surface area contributed by atoms with Gasteiger partial charge in [0.15, 0.2) is 0 Å². The first-order chi connectivity index (χ1) is 14.0. The van der Waals surface area contributed by atoms with E-state index < -0.39 is 23.5 Å². The summed E-state index contributed by atoms with van der Waals surface area (Å²) >= 11 is 3.35. The third kappa shape index (κ3) is 4.98. The van der Waals surface area contributed by atoms with Crippen molar-refractivity contribution in [2.75, 3.05) is 10.6 Å². The number of halogens is 1. The molecule has 0 spiro atoms. The number of hydrogen-bond acceptors (Lipinski definition) is 5. The van der Waals surface area contributed by atoms with E-state index in [0.29, 0.717) is 22.2 Å². The zero-order valence-corrected chi connectivity index (χ0v) is 18.1. The maximum atomic E-state index is 12.7. The molecule has 0 bridgehead atoms. The van der Waals surface area contributed by atoms with Crippen molar-refractivity contribution in [3.05, 3.63) is 58.3 Å². The van der Waals surface area contributed by atoms with Gasteiger partial charge in [0, 0.05) is 21.1 Å². The smallest absolute Gasteiger partial charge is 0.412 e. The summed E-state index contributed by atoms with van der Waals surface area (Å²) in [5, 5.41) is 5.81. The van der Waals surface area contributed by atoms with Crippen LogP contribution in [0.3, 0.4) is 0 Å². The fourth-order valence-electron chi connectivity index (χ4n) is 2.68. The lowest BCUT2D eigenvalue weighted by atomic mass is 10.1. The third-order valence-corrected chi connectivity index (χ3v) is 4.40. The highest BCUT2D eigenvalue weighted by Crippen LogP contribution is 2.33. The van der Waals surface area contributed by atoms with Crippen molar-refractivity contribution >= 4 is 56.2 Å². The van der Waals surface area contributed by atoms with Crippen LogP contribution in [0.4, 0.5) is 16.2 Å². The van der Waals surface area contributed by atoms with Crippen LogP contribution in [0.1, 0.15) is 41.7 Å². The molecular weight excluding hydrogens is 454 g/mol. The van der Waals surface area contributed by atoms with Gasteiger partial charge in [-0.3, -0.25) is 14.9 Å². The first kappa shape index (κ1) is 21.4. The summed E-state index contributed by atoms with van der Waals surface area (Å²) in [7, 11) is 0. The van der Waals surface area contributed by atoms with E-state index in [-0.39, 0.29) is 11.4 Å². The molecule has 0 fully saturated rings. The molecule has 30 heavy (non-hydrogen) atoms. The first-order valence-electron chi connectivity index (χ1n) is 8.97. The fourth-order valence-corrected chi connectivity index (χ4v) is 3.04. The van der Waals surface area contributed by atoms with Gasteiger partial charge in [0.1, 0.15) is 16.9 Å². The summed E-state index contributed by atoms with van der Waals surface area (Å²) in [5.41, 5.74) is 6.16. The van der Waals surface area contributed by atoms with E-state index >= 15 is 0 Å². The molecule has 2 aromatic carbocycles. The van der Waals surface area contributed by atoms with Crippen LogP contribution in [0.25, 0.3) is 11.0 Å². The zero-order valence-electron chi connectivity index (χ0n) is 16.5. The standard InChI is InChI=1S/C21H20BrN3O5/c1-21(2,3)30-20(28)24-13-7-4-11(5-8-13)19(27)25-16-14-10-12(22)6-9-15(14)29-17(16)18(23)26/h4-10H,1-3H3,(H2,23,26)(H,24,28)(H,25,27). The summed E-state index contributed by atoms with van der Waals surface area (Å²) in [6.45, 7) is 5.29. The molecule has 9 heteroatoms. The number of fused-ring (bicyclic) bond motifs is 1. The van der Waals surface area contributed by atoms with E-state index in [4.69, 9.17) is 14.9 Å². The highest BCUT2D eigenvalue weighted by Gasteiger charge is 2.21. The predicted octanol–water partition coefficient (Wildman–Crippen LogP) is 4.89. The molecule has 3 aromatic rings. The number of anilines is 2. The number of hydrogen-bond donors (Lipinski definition) is 3. The fraction of sp³-hybridized carbons (Fsp3) is 0.190. The van der Waals surface area contributed by atoms with Crippen LogP contribution in [-0.4, -0.2) is 23.5 Å². The Morgan fingerprint density at radius 2 is 1.70 bits per heavy atom. The van der Waals surface area contributed by atoms with Gasteiger partial charge < -0.3 is 20.2 Å². The molecule has 1 heterocycles. The van der Waals surface area contributed by atoms with Gasteiger partial charge in [-0.15, -0.1) is 0 Å². The lowest BCUT2D eigenvalue weighted by molar-refractivity contribution is 0.0635. The topological polar surface area (TPSA) is 124 Å². The van der Waals surface area contributed by atoms with Gasteiger partial charge in [-0.2, -0.15) is 0 Å². The number of carbonyl (C=O) groups is 3. The Morgan fingerprint density at radius 1 is 1.03 bits per heavy atom. The van der Waals surface area contributed by atoms with Gasteiger partial charge in [0.05, 0.1) is 0 Å². The SMILES string of the molecule is CC(C)(C)OC(=O)Nc1ccc(C(=O)Nc2c(C(N)=O)oc3ccc(Br)cc23)cc1. The number of furan rings is 1. The maximum absolute atomic E-state index is 12.7. The highest BCUT2D eigenvalue weighted by molar-refractivity contribution is 9.10. The monoisotopic (exact) mass is 473 g/mol. The molecule has 0 aliphatic carbocycles. The average Bonchev–Trinajstić information content (AvgIpc) is 2.98. The number of carbonyl (C=O) groups excluding carboxylic acids is 3. The number of nitrogens with two attached hydrogens (primary N) is 1. The molecule has 4 N–H and O–H groups in total. The van der Waals surface area contributed by atoms with Crippen LogP contribution in [0.15, 0.2) is 51.4 Å². The number of benzene rings is 2. The Hall–Kier alpha value is -3.33. The van der Waals surface area contributed by atoms with E-state index in [0.717, 1.165) is 4.47 Å². The Bertz CT molecular complexity index is 1130. The van der Waals surface area contributed by atoms with E-state index in [1.165, 1.54) is 12.1 Å². The summed E-state index contributed by atoms with van der Waals surface area (Å²) < 4.78 is 11.4. The van der Waals surface area contributed by atoms with Gasteiger partial charge in [0.25, 0.3) is 11.8 Å².